The molecule has 0 atom stereocenters. The molecular weight excluding hydrogens is 266 g/mol. The van der Waals surface area contributed by atoms with Gasteiger partial charge in [-0.05, 0) is 30.7 Å². The fourth-order valence-corrected chi connectivity index (χ4v) is 2.53. The Labute approximate surface area is 116 Å². The van der Waals surface area contributed by atoms with Crippen molar-refractivity contribution in [3.8, 4) is 0 Å². The third-order valence-electron chi connectivity index (χ3n) is 2.28. The quantitative estimate of drug-likeness (QED) is 0.844. The number of pyridine rings is 2. The second kappa shape index (κ2) is 6.61. The minimum Gasteiger partial charge on any atom is -0.370 e. The minimum atomic E-state index is 0.694. The van der Waals surface area contributed by atoms with Crippen LogP contribution in [0.3, 0.4) is 0 Å². The van der Waals surface area contributed by atoms with E-state index in [-0.39, 0.29) is 0 Å². The summed E-state index contributed by atoms with van der Waals surface area (Å²) in [6, 6.07) is 7.73. The van der Waals surface area contributed by atoms with Crippen LogP contribution in [-0.4, -0.2) is 16.5 Å². The Morgan fingerprint density at radius 1 is 1.28 bits per heavy atom. The Morgan fingerprint density at radius 2 is 2.17 bits per heavy atom. The highest BCUT2D eigenvalue weighted by Gasteiger charge is 2.02. The molecule has 0 aliphatic heterocycles. The van der Waals surface area contributed by atoms with Gasteiger partial charge in [-0.1, -0.05) is 17.7 Å². The van der Waals surface area contributed by atoms with Crippen LogP contribution in [0.15, 0.2) is 41.7 Å². The largest absolute Gasteiger partial charge is 0.370 e. The number of halogens is 1. The van der Waals surface area contributed by atoms with Gasteiger partial charge in [-0.3, -0.25) is 0 Å². The predicted molar refractivity (Wildman–Crippen MR) is 77.2 cm³/mol. The fourth-order valence-electron chi connectivity index (χ4n) is 1.42. The zero-order valence-electron chi connectivity index (χ0n) is 10.1. The highest BCUT2D eigenvalue weighted by Crippen LogP contribution is 2.27. The van der Waals surface area contributed by atoms with Crippen LogP contribution in [0.25, 0.3) is 0 Å². The third-order valence-corrected chi connectivity index (χ3v) is 3.78. The molecule has 94 valence electrons. The summed E-state index contributed by atoms with van der Waals surface area (Å²) in [6.45, 7) is 2.93. The van der Waals surface area contributed by atoms with E-state index in [1.807, 2.05) is 24.4 Å². The van der Waals surface area contributed by atoms with Crippen LogP contribution in [0.2, 0.25) is 5.02 Å². The molecule has 0 aliphatic rings. The standard InChI is InChI=1S/C13H14ClN3S/c1-2-15-12-6-5-10(8-17-12)9-18-13-11(14)4-3-7-16-13/h3-8H,2,9H2,1H3,(H,15,17). The highest BCUT2D eigenvalue weighted by atomic mass is 35.5. The zero-order chi connectivity index (χ0) is 12.8. The summed E-state index contributed by atoms with van der Waals surface area (Å²) in [6.07, 6.45) is 3.63. The molecule has 1 N–H and O–H groups in total. The van der Waals surface area contributed by atoms with Gasteiger partial charge in [-0.15, -0.1) is 11.8 Å². The molecule has 0 radical (unpaired) electrons. The summed E-state index contributed by atoms with van der Waals surface area (Å²) in [4.78, 5) is 8.56. The van der Waals surface area contributed by atoms with Gasteiger partial charge in [0.15, 0.2) is 0 Å². The third kappa shape index (κ3) is 3.62. The lowest BCUT2D eigenvalue weighted by molar-refractivity contribution is 1.12. The molecule has 0 aromatic carbocycles. The fraction of sp³-hybridized carbons (Fsp3) is 0.231. The molecule has 0 amide bonds. The van der Waals surface area contributed by atoms with Crippen molar-refractivity contribution in [2.45, 2.75) is 17.7 Å². The minimum absolute atomic E-state index is 0.694. The van der Waals surface area contributed by atoms with Crippen molar-refractivity contribution in [1.29, 1.82) is 0 Å². The predicted octanol–water partition coefficient (Wildman–Crippen LogP) is 3.85. The number of anilines is 1. The molecule has 0 fully saturated rings. The molecule has 0 unspecified atom stereocenters. The number of nitrogens with zero attached hydrogens (tertiary/aromatic N) is 2. The normalized spacial score (nSPS) is 10.3. The van der Waals surface area contributed by atoms with Crippen LogP contribution in [-0.2, 0) is 5.75 Å². The number of hydrogen-bond acceptors (Lipinski definition) is 4. The molecule has 18 heavy (non-hydrogen) atoms. The maximum atomic E-state index is 6.05. The van der Waals surface area contributed by atoms with Crippen LogP contribution < -0.4 is 5.32 Å². The lowest BCUT2D eigenvalue weighted by Crippen LogP contribution is -1.98. The summed E-state index contributed by atoms with van der Waals surface area (Å²) < 4.78 is 0. The van der Waals surface area contributed by atoms with E-state index in [0.29, 0.717) is 5.02 Å². The first kappa shape index (κ1) is 13.2. The summed E-state index contributed by atoms with van der Waals surface area (Å²) in [7, 11) is 0. The molecule has 2 aromatic heterocycles. The van der Waals surface area contributed by atoms with Crippen LogP contribution in [0.1, 0.15) is 12.5 Å². The molecule has 3 nitrogen and oxygen atoms in total. The van der Waals surface area contributed by atoms with Crippen molar-refractivity contribution in [2.24, 2.45) is 0 Å². The topological polar surface area (TPSA) is 37.8 Å². The highest BCUT2D eigenvalue weighted by molar-refractivity contribution is 7.98. The van der Waals surface area contributed by atoms with Gasteiger partial charge in [0.05, 0.1) is 5.02 Å². The van der Waals surface area contributed by atoms with Crippen molar-refractivity contribution in [2.75, 3.05) is 11.9 Å². The first-order valence-corrected chi connectivity index (χ1v) is 7.08. The Morgan fingerprint density at radius 3 is 2.83 bits per heavy atom. The van der Waals surface area contributed by atoms with Gasteiger partial charge in [-0.2, -0.15) is 0 Å². The first-order valence-electron chi connectivity index (χ1n) is 5.71. The van der Waals surface area contributed by atoms with Gasteiger partial charge in [0.1, 0.15) is 10.8 Å². The maximum absolute atomic E-state index is 6.05. The lowest BCUT2D eigenvalue weighted by atomic mass is 10.3. The smallest absolute Gasteiger partial charge is 0.125 e. The number of thioether (sulfide) groups is 1. The van der Waals surface area contributed by atoms with Gasteiger partial charge in [0.25, 0.3) is 0 Å². The Hall–Kier alpha value is -1.26. The monoisotopic (exact) mass is 279 g/mol. The zero-order valence-corrected chi connectivity index (χ0v) is 11.6. The molecule has 5 heteroatoms. The molecule has 2 heterocycles. The number of hydrogen-bond donors (Lipinski definition) is 1. The van der Waals surface area contributed by atoms with E-state index in [4.69, 9.17) is 11.6 Å². The summed E-state index contributed by atoms with van der Waals surface area (Å²) in [5.41, 5.74) is 1.16. The van der Waals surface area contributed by atoms with Gasteiger partial charge >= 0.3 is 0 Å². The van der Waals surface area contributed by atoms with Gasteiger partial charge in [0.2, 0.25) is 0 Å². The van der Waals surface area contributed by atoms with Crippen molar-refractivity contribution in [3.05, 3.63) is 47.2 Å². The van der Waals surface area contributed by atoms with Crippen LogP contribution >= 0.6 is 23.4 Å². The molecular formula is C13H14ClN3S. The summed E-state index contributed by atoms with van der Waals surface area (Å²) >= 11 is 7.66. The Balaban J connectivity index is 1.96. The molecule has 0 saturated heterocycles. The molecule has 0 spiro atoms. The van der Waals surface area contributed by atoms with E-state index in [1.165, 1.54) is 0 Å². The molecule has 0 bridgehead atoms. The second-order valence-corrected chi connectivity index (χ2v) is 5.03. The number of nitrogens with one attached hydrogen (secondary N) is 1. The molecule has 2 rings (SSSR count). The van der Waals surface area contributed by atoms with Crippen LogP contribution in [0.5, 0.6) is 0 Å². The van der Waals surface area contributed by atoms with Gasteiger partial charge in [-0.25, -0.2) is 9.97 Å². The van der Waals surface area contributed by atoms with E-state index in [9.17, 15) is 0 Å². The second-order valence-electron chi connectivity index (χ2n) is 3.66. The average Bonchev–Trinajstić information content (AvgIpc) is 2.40. The number of rotatable bonds is 5. The van der Waals surface area contributed by atoms with E-state index in [0.717, 1.165) is 28.7 Å². The first-order chi connectivity index (χ1) is 8.79. The van der Waals surface area contributed by atoms with E-state index in [2.05, 4.69) is 28.3 Å². The van der Waals surface area contributed by atoms with Gasteiger partial charge < -0.3 is 5.32 Å². The lowest BCUT2D eigenvalue weighted by Gasteiger charge is -2.05. The van der Waals surface area contributed by atoms with E-state index in [1.54, 1.807) is 18.0 Å². The van der Waals surface area contributed by atoms with Crippen LogP contribution in [0.4, 0.5) is 5.82 Å². The molecule has 2 aromatic rings. The van der Waals surface area contributed by atoms with E-state index < -0.39 is 0 Å². The summed E-state index contributed by atoms with van der Waals surface area (Å²) in [5.74, 6) is 1.72. The molecule has 0 aliphatic carbocycles. The Kier molecular flexibility index (Phi) is 4.84. The van der Waals surface area contributed by atoms with Crippen LogP contribution in [0, 0.1) is 0 Å². The Bertz CT molecular complexity index is 502. The average molecular weight is 280 g/mol. The number of aromatic nitrogens is 2. The van der Waals surface area contributed by atoms with Crippen molar-refractivity contribution < 1.29 is 0 Å². The van der Waals surface area contributed by atoms with E-state index >= 15 is 0 Å². The van der Waals surface area contributed by atoms with Crippen molar-refractivity contribution >= 4 is 29.2 Å². The summed E-state index contributed by atoms with van der Waals surface area (Å²) in [5, 5.41) is 4.72. The van der Waals surface area contributed by atoms with Crippen molar-refractivity contribution in [1.82, 2.24) is 9.97 Å². The van der Waals surface area contributed by atoms with Gasteiger partial charge in [0, 0.05) is 24.7 Å². The van der Waals surface area contributed by atoms with Crippen molar-refractivity contribution in [3.63, 3.8) is 0 Å². The SMILES string of the molecule is CCNc1ccc(CSc2ncccc2Cl)cn1. The maximum Gasteiger partial charge on any atom is 0.125 e. The molecule has 0 saturated carbocycles.